The molecule has 2 aromatic rings. The zero-order valence-corrected chi connectivity index (χ0v) is 12.8. The van der Waals surface area contributed by atoms with Crippen LogP contribution in [0.25, 0.3) is 10.6 Å². The van der Waals surface area contributed by atoms with Gasteiger partial charge in [0.05, 0.1) is 11.8 Å². The average Bonchev–Trinajstić information content (AvgIpc) is 2.93. The second kappa shape index (κ2) is 5.34. The van der Waals surface area contributed by atoms with Crippen molar-refractivity contribution in [2.45, 2.75) is 19.4 Å². The van der Waals surface area contributed by atoms with Crippen molar-refractivity contribution in [3.05, 3.63) is 23.5 Å². The lowest BCUT2D eigenvalue weighted by molar-refractivity contribution is 0.0365. The molecule has 2 rings (SSSR count). The van der Waals surface area contributed by atoms with Crippen LogP contribution in [0.15, 0.2) is 17.8 Å². The van der Waals surface area contributed by atoms with Crippen LogP contribution < -0.4 is 0 Å². The first-order valence-corrected chi connectivity index (χ1v) is 7.06. The summed E-state index contributed by atoms with van der Waals surface area (Å²) in [4.78, 5) is 18.0. The second-order valence-electron chi connectivity index (χ2n) is 5.41. The molecule has 1 amide bonds. The van der Waals surface area contributed by atoms with Crippen molar-refractivity contribution < 1.29 is 9.90 Å². The number of thiazole rings is 1. The van der Waals surface area contributed by atoms with Crippen LogP contribution in [-0.2, 0) is 7.05 Å². The topological polar surface area (TPSA) is 71.2 Å². The Morgan fingerprint density at radius 2 is 2.25 bits per heavy atom. The van der Waals surface area contributed by atoms with E-state index in [0.717, 1.165) is 10.6 Å². The third-order valence-corrected chi connectivity index (χ3v) is 3.54. The molecule has 0 fully saturated rings. The first kappa shape index (κ1) is 14.7. The van der Waals surface area contributed by atoms with Crippen LogP contribution in [-0.4, -0.2) is 49.9 Å². The van der Waals surface area contributed by atoms with Crippen molar-refractivity contribution in [2.24, 2.45) is 7.05 Å². The fourth-order valence-corrected chi connectivity index (χ4v) is 2.65. The standard InChI is InChI=1S/C13H18N4O2S/c1-13(2,19)8-16(3)12(18)10-7-20-11(15-10)9-5-14-17(4)6-9/h5-7,19H,8H2,1-4H3. The van der Waals surface area contributed by atoms with E-state index in [0.29, 0.717) is 5.69 Å². The van der Waals surface area contributed by atoms with E-state index in [1.165, 1.54) is 16.2 Å². The zero-order valence-electron chi connectivity index (χ0n) is 12.0. The smallest absolute Gasteiger partial charge is 0.273 e. The normalized spacial score (nSPS) is 11.7. The van der Waals surface area contributed by atoms with Crippen molar-refractivity contribution in [2.75, 3.05) is 13.6 Å². The molecular formula is C13H18N4O2S. The fraction of sp³-hybridized carbons (Fsp3) is 0.462. The highest BCUT2D eigenvalue weighted by molar-refractivity contribution is 7.13. The number of amides is 1. The van der Waals surface area contributed by atoms with Gasteiger partial charge in [-0.15, -0.1) is 11.3 Å². The molecule has 0 unspecified atom stereocenters. The molecule has 0 radical (unpaired) electrons. The molecule has 108 valence electrons. The Hall–Kier alpha value is -1.73. The molecule has 0 bridgehead atoms. The molecule has 0 saturated heterocycles. The van der Waals surface area contributed by atoms with Gasteiger partial charge in [0.1, 0.15) is 10.7 Å². The summed E-state index contributed by atoms with van der Waals surface area (Å²) in [5.41, 5.74) is 0.356. The van der Waals surface area contributed by atoms with Gasteiger partial charge in [-0.2, -0.15) is 5.10 Å². The zero-order chi connectivity index (χ0) is 14.9. The van der Waals surface area contributed by atoms with Gasteiger partial charge >= 0.3 is 0 Å². The molecule has 0 spiro atoms. The second-order valence-corrected chi connectivity index (χ2v) is 6.27. The maximum Gasteiger partial charge on any atom is 0.273 e. The Labute approximate surface area is 121 Å². The summed E-state index contributed by atoms with van der Waals surface area (Å²) in [6, 6.07) is 0. The Kier molecular flexibility index (Phi) is 3.92. The van der Waals surface area contributed by atoms with Gasteiger partial charge in [-0.3, -0.25) is 9.48 Å². The van der Waals surface area contributed by atoms with E-state index < -0.39 is 5.60 Å². The molecule has 2 aromatic heterocycles. The number of carbonyl (C=O) groups is 1. The van der Waals surface area contributed by atoms with Crippen molar-refractivity contribution >= 4 is 17.2 Å². The van der Waals surface area contributed by atoms with E-state index in [9.17, 15) is 9.90 Å². The predicted molar refractivity (Wildman–Crippen MR) is 77.6 cm³/mol. The number of likely N-dealkylation sites (N-methyl/N-ethyl adjacent to an activating group) is 1. The Morgan fingerprint density at radius 1 is 1.55 bits per heavy atom. The monoisotopic (exact) mass is 294 g/mol. The van der Waals surface area contributed by atoms with E-state index in [1.807, 2.05) is 13.2 Å². The maximum atomic E-state index is 12.2. The highest BCUT2D eigenvalue weighted by Gasteiger charge is 2.22. The minimum atomic E-state index is -0.924. The number of aromatic nitrogens is 3. The highest BCUT2D eigenvalue weighted by atomic mass is 32.1. The van der Waals surface area contributed by atoms with E-state index in [1.54, 1.807) is 37.2 Å². The lowest BCUT2D eigenvalue weighted by Crippen LogP contribution is -2.39. The molecule has 1 N–H and O–H groups in total. The molecule has 0 atom stereocenters. The summed E-state index contributed by atoms with van der Waals surface area (Å²) in [7, 11) is 3.49. The van der Waals surface area contributed by atoms with Crippen LogP contribution in [0.4, 0.5) is 0 Å². The van der Waals surface area contributed by atoms with Crippen LogP contribution in [0.5, 0.6) is 0 Å². The van der Waals surface area contributed by atoms with Crippen LogP contribution >= 0.6 is 11.3 Å². The fourth-order valence-electron chi connectivity index (χ4n) is 1.88. The number of aliphatic hydroxyl groups is 1. The minimum Gasteiger partial charge on any atom is -0.389 e. The Balaban J connectivity index is 2.14. The van der Waals surface area contributed by atoms with Crippen molar-refractivity contribution in [1.82, 2.24) is 19.7 Å². The first-order chi connectivity index (χ1) is 9.26. The van der Waals surface area contributed by atoms with Crippen molar-refractivity contribution in [1.29, 1.82) is 0 Å². The van der Waals surface area contributed by atoms with Gasteiger partial charge in [-0.1, -0.05) is 0 Å². The molecule has 0 aromatic carbocycles. The van der Waals surface area contributed by atoms with Gasteiger partial charge in [0.2, 0.25) is 0 Å². The quantitative estimate of drug-likeness (QED) is 0.925. The number of hydrogen-bond acceptors (Lipinski definition) is 5. The summed E-state index contributed by atoms with van der Waals surface area (Å²) in [5.74, 6) is -0.196. The lowest BCUT2D eigenvalue weighted by Gasteiger charge is -2.24. The van der Waals surface area contributed by atoms with Crippen LogP contribution in [0.3, 0.4) is 0 Å². The molecular weight excluding hydrogens is 276 g/mol. The lowest BCUT2D eigenvalue weighted by atomic mass is 10.1. The highest BCUT2D eigenvalue weighted by Crippen LogP contribution is 2.23. The number of carbonyl (C=O) groups excluding carboxylic acids is 1. The summed E-state index contributed by atoms with van der Waals surface area (Å²) in [6.07, 6.45) is 3.57. The van der Waals surface area contributed by atoms with Crippen molar-refractivity contribution in [3.8, 4) is 10.6 Å². The van der Waals surface area contributed by atoms with Gasteiger partial charge in [0, 0.05) is 37.8 Å². The number of nitrogens with zero attached hydrogens (tertiary/aromatic N) is 4. The van der Waals surface area contributed by atoms with Crippen LogP contribution in [0.2, 0.25) is 0 Å². The number of rotatable bonds is 4. The molecule has 0 aliphatic heterocycles. The average molecular weight is 294 g/mol. The van der Waals surface area contributed by atoms with Gasteiger partial charge in [-0.25, -0.2) is 4.98 Å². The number of aryl methyl sites for hydroxylation is 1. The van der Waals surface area contributed by atoms with Gasteiger partial charge in [0.15, 0.2) is 0 Å². The van der Waals surface area contributed by atoms with Gasteiger partial charge in [-0.05, 0) is 13.8 Å². The molecule has 6 nitrogen and oxygen atoms in total. The van der Waals surface area contributed by atoms with E-state index in [-0.39, 0.29) is 12.5 Å². The first-order valence-electron chi connectivity index (χ1n) is 6.19. The number of hydrogen-bond donors (Lipinski definition) is 1. The molecule has 20 heavy (non-hydrogen) atoms. The van der Waals surface area contributed by atoms with Gasteiger partial charge < -0.3 is 10.0 Å². The summed E-state index contributed by atoms with van der Waals surface area (Å²) < 4.78 is 1.69. The molecule has 7 heteroatoms. The van der Waals surface area contributed by atoms with Crippen LogP contribution in [0.1, 0.15) is 24.3 Å². The van der Waals surface area contributed by atoms with E-state index in [4.69, 9.17) is 0 Å². The largest absolute Gasteiger partial charge is 0.389 e. The predicted octanol–water partition coefficient (Wildman–Crippen LogP) is 1.39. The van der Waals surface area contributed by atoms with E-state index in [2.05, 4.69) is 10.1 Å². The van der Waals surface area contributed by atoms with Crippen molar-refractivity contribution in [3.63, 3.8) is 0 Å². The third-order valence-electron chi connectivity index (χ3n) is 2.65. The Bertz CT molecular complexity index is 612. The van der Waals surface area contributed by atoms with Crippen LogP contribution in [0, 0.1) is 0 Å². The molecule has 0 aliphatic rings. The molecule has 0 aliphatic carbocycles. The third kappa shape index (κ3) is 3.43. The minimum absolute atomic E-state index is 0.196. The van der Waals surface area contributed by atoms with Gasteiger partial charge in [0.25, 0.3) is 5.91 Å². The van der Waals surface area contributed by atoms with E-state index >= 15 is 0 Å². The summed E-state index contributed by atoms with van der Waals surface area (Å²) in [6.45, 7) is 3.59. The molecule has 0 saturated carbocycles. The SMILES string of the molecule is CN(CC(C)(C)O)C(=O)c1csc(-c2cnn(C)c2)n1. The summed E-state index contributed by atoms with van der Waals surface area (Å²) in [5, 5.41) is 16.3. The summed E-state index contributed by atoms with van der Waals surface area (Å²) >= 11 is 1.41. The Morgan fingerprint density at radius 3 is 2.80 bits per heavy atom. The molecule has 2 heterocycles. The maximum absolute atomic E-state index is 12.2.